The topological polar surface area (TPSA) is 139 Å². The molecule has 3 rings (SSSR count). The smallest absolute Gasteiger partial charge is 0.154 e. The van der Waals surface area contributed by atoms with Crippen molar-refractivity contribution in [2.24, 2.45) is 0 Å². The molecule has 0 radical (unpaired) electrons. The van der Waals surface area contributed by atoms with Crippen LogP contribution in [0.2, 0.25) is 0 Å². The summed E-state index contributed by atoms with van der Waals surface area (Å²) in [5.41, 5.74) is 2.02. The van der Waals surface area contributed by atoms with Gasteiger partial charge in [-0.15, -0.1) is 16.4 Å². The molecule has 0 spiro atoms. The van der Waals surface area contributed by atoms with Crippen LogP contribution >= 0.6 is 23.1 Å². The summed E-state index contributed by atoms with van der Waals surface area (Å²) in [7, 11) is 1.54. The lowest BCUT2D eigenvalue weighted by molar-refractivity contribution is -0.105. The summed E-state index contributed by atoms with van der Waals surface area (Å²) in [5, 5.41) is 40.3. The number of aryl methyl sites for hydroxylation is 2. The molecule has 176 valence electrons. The Bertz CT molecular complexity index is 1100. The molecule has 3 aromatic rings. The molecule has 0 aliphatic rings. The van der Waals surface area contributed by atoms with Crippen LogP contribution in [0, 0.1) is 25.2 Å². The third-order valence-electron chi connectivity index (χ3n) is 4.72. The maximum Gasteiger partial charge on any atom is 0.154 e. The molecule has 0 aliphatic carbocycles. The van der Waals surface area contributed by atoms with Crippen LogP contribution in [0.4, 0.5) is 0 Å². The quantitative estimate of drug-likeness (QED) is 0.304. The van der Waals surface area contributed by atoms with Gasteiger partial charge in [0.2, 0.25) is 0 Å². The number of nitriles is 1. The first-order valence-corrected chi connectivity index (χ1v) is 11.9. The van der Waals surface area contributed by atoms with E-state index in [2.05, 4.69) is 26.3 Å². The van der Waals surface area contributed by atoms with Crippen LogP contribution in [0.3, 0.4) is 0 Å². The lowest BCUT2D eigenvalue weighted by Gasteiger charge is -2.30. The summed E-state index contributed by atoms with van der Waals surface area (Å²) in [6.45, 7) is 5.24. The lowest BCUT2D eigenvalue weighted by atomic mass is 10.2. The summed E-state index contributed by atoms with van der Waals surface area (Å²) >= 11 is 2.74. The number of hydrogen-bond acceptors (Lipinski definition) is 11. The molecule has 0 fully saturated rings. The number of methoxy groups -OCH3 is 1. The SMILES string of the molecule is CO[C@@H](Cn1cc(-c2nc(C)cs2)nn1)C(OC(CO)[C@@H](C)O)Sc1cc(C)cnc1C#N. The van der Waals surface area contributed by atoms with Gasteiger partial charge in [-0.25, -0.2) is 14.6 Å². The van der Waals surface area contributed by atoms with Crippen molar-refractivity contribution in [3.05, 3.63) is 40.8 Å². The molecule has 33 heavy (non-hydrogen) atoms. The van der Waals surface area contributed by atoms with Crippen LogP contribution in [0.25, 0.3) is 10.7 Å². The van der Waals surface area contributed by atoms with Crippen LogP contribution in [0.1, 0.15) is 23.9 Å². The van der Waals surface area contributed by atoms with Crippen molar-refractivity contribution >= 4 is 23.1 Å². The largest absolute Gasteiger partial charge is 0.394 e. The highest BCUT2D eigenvalue weighted by molar-refractivity contribution is 7.99. The van der Waals surface area contributed by atoms with E-state index < -0.39 is 23.7 Å². The minimum Gasteiger partial charge on any atom is -0.394 e. The number of thioether (sulfide) groups is 1. The van der Waals surface area contributed by atoms with Gasteiger partial charge in [0, 0.05) is 29.3 Å². The predicted octanol–water partition coefficient (Wildman–Crippen LogP) is 2.18. The molecule has 0 saturated heterocycles. The number of hydrogen-bond donors (Lipinski definition) is 2. The Morgan fingerprint density at radius 3 is 2.73 bits per heavy atom. The Kier molecular flexibility index (Phi) is 8.90. The van der Waals surface area contributed by atoms with E-state index in [9.17, 15) is 15.5 Å². The number of aromatic nitrogens is 5. The molecule has 2 unspecified atom stereocenters. The van der Waals surface area contributed by atoms with Crippen molar-refractivity contribution in [1.29, 1.82) is 5.26 Å². The van der Waals surface area contributed by atoms with E-state index in [4.69, 9.17) is 9.47 Å². The van der Waals surface area contributed by atoms with Crippen LogP contribution in [-0.2, 0) is 16.0 Å². The number of thiazole rings is 1. The van der Waals surface area contributed by atoms with Crippen molar-refractivity contribution in [3.63, 3.8) is 0 Å². The molecule has 3 heterocycles. The molecule has 2 N–H and O–H groups in total. The van der Waals surface area contributed by atoms with E-state index in [0.717, 1.165) is 16.3 Å². The van der Waals surface area contributed by atoms with E-state index >= 15 is 0 Å². The van der Waals surface area contributed by atoms with Crippen molar-refractivity contribution in [2.45, 2.75) is 56.0 Å². The molecule has 0 aliphatic heterocycles. The van der Waals surface area contributed by atoms with Crippen molar-refractivity contribution in [1.82, 2.24) is 25.0 Å². The first kappa shape index (κ1) is 25.2. The predicted molar refractivity (Wildman–Crippen MR) is 124 cm³/mol. The zero-order chi connectivity index (χ0) is 24.0. The fraction of sp³-hybridized carbons (Fsp3) is 0.476. The highest BCUT2D eigenvalue weighted by Crippen LogP contribution is 2.32. The van der Waals surface area contributed by atoms with Crippen LogP contribution < -0.4 is 0 Å². The van der Waals surface area contributed by atoms with Gasteiger partial charge in [-0.3, -0.25) is 0 Å². The third kappa shape index (κ3) is 6.57. The molecule has 4 atom stereocenters. The molecule has 10 nitrogen and oxygen atoms in total. The van der Waals surface area contributed by atoms with Crippen molar-refractivity contribution < 1.29 is 19.7 Å². The van der Waals surface area contributed by atoms with E-state index in [0.29, 0.717) is 10.6 Å². The number of pyridine rings is 1. The minimum atomic E-state index is -0.909. The van der Waals surface area contributed by atoms with Crippen molar-refractivity contribution in [3.8, 4) is 16.8 Å². The number of rotatable bonds is 11. The Morgan fingerprint density at radius 2 is 2.12 bits per heavy atom. The second-order valence-electron chi connectivity index (χ2n) is 7.45. The summed E-state index contributed by atoms with van der Waals surface area (Å²) in [5.74, 6) is 0. The fourth-order valence-corrected chi connectivity index (χ4v) is 4.93. The van der Waals surface area contributed by atoms with Gasteiger partial charge >= 0.3 is 0 Å². The summed E-state index contributed by atoms with van der Waals surface area (Å²) in [6.07, 6.45) is 1.10. The third-order valence-corrected chi connectivity index (χ3v) is 6.91. The van der Waals surface area contributed by atoms with Gasteiger partial charge in [0.1, 0.15) is 34.4 Å². The monoisotopic (exact) mass is 490 g/mol. The maximum absolute atomic E-state index is 10.0. The lowest BCUT2D eigenvalue weighted by Crippen LogP contribution is -2.40. The summed E-state index contributed by atoms with van der Waals surface area (Å²) in [4.78, 5) is 9.23. The Balaban J connectivity index is 1.86. The van der Waals surface area contributed by atoms with Gasteiger partial charge in [0.05, 0.1) is 25.5 Å². The molecule has 3 aromatic heterocycles. The first-order valence-electron chi connectivity index (χ1n) is 10.2. The Morgan fingerprint density at radius 1 is 1.33 bits per heavy atom. The number of ether oxygens (including phenoxy) is 2. The van der Waals surface area contributed by atoms with E-state index in [-0.39, 0.29) is 18.8 Å². The highest BCUT2D eigenvalue weighted by atomic mass is 32.2. The number of nitrogens with zero attached hydrogens (tertiary/aromatic N) is 6. The summed E-state index contributed by atoms with van der Waals surface area (Å²) < 4.78 is 13.4. The zero-order valence-electron chi connectivity index (χ0n) is 18.7. The van der Waals surface area contributed by atoms with Crippen LogP contribution in [0.5, 0.6) is 0 Å². The molecule has 0 saturated carbocycles. The van der Waals surface area contributed by atoms with E-state index in [1.54, 1.807) is 31.1 Å². The molecule has 12 heteroatoms. The first-order chi connectivity index (χ1) is 15.8. The van der Waals surface area contributed by atoms with Gasteiger partial charge in [0.25, 0.3) is 0 Å². The van der Waals surface area contributed by atoms with Crippen molar-refractivity contribution in [2.75, 3.05) is 13.7 Å². The molecule has 0 amide bonds. The standard InChI is InChI=1S/C21H26N6O4S2/c1-12-5-19(15(6-22)23-7-12)33-21(31-18(10-28)14(3)29)17(30-4)9-27-8-16(25-26-27)20-24-13(2)11-32-20/h5,7-8,11,14,17-18,21,28-29H,9-10H2,1-4H3/t14-,17+,18?,21?/m1/s1. The number of aliphatic hydroxyl groups excluding tert-OH is 2. The average Bonchev–Trinajstić information content (AvgIpc) is 3.43. The Hall–Kier alpha value is -2.40. The minimum absolute atomic E-state index is 0.258. The second-order valence-corrected chi connectivity index (χ2v) is 9.45. The highest BCUT2D eigenvalue weighted by Gasteiger charge is 2.30. The molecule has 0 aromatic carbocycles. The van der Waals surface area contributed by atoms with Gasteiger partial charge in [0.15, 0.2) is 5.69 Å². The van der Waals surface area contributed by atoms with Crippen LogP contribution in [-0.4, -0.2) is 72.6 Å². The van der Waals surface area contributed by atoms with Crippen LogP contribution in [0.15, 0.2) is 28.7 Å². The molecular formula is C21H26N6O4S2. The summed E-state index contributed by atoms with van der Waals surface area (Å²) in [6, 6.07) is 3.93. The maximum atomic E-state index is 10.0. The van der Waals surface area contributed by atoms with Gasteiger partial charge in [-0.1, -0.05) is 17.0 Å². The molecule has 0 bridgehead atoms. The van der Waals surface area contributed by atoms with Gasteiger partial charge in [-0.2, -0.15) is 5.26 Å². The number of aliphatic hydroxyl groups is 2. The average molecular weight is 491 g/mol. The van der Waals surface area contributed by atoms with E-state index in [1.165, 1.54) is 23.1 Å². The second kappa shape index (κ2) is 11.6. The normalized spacial score (nSPS) is 15.1. The Labute approximate surface area is 200 Å². The van der Waals surface area contributed by atoms with Gasteiger partial charge < -0.3 is 19.7 Å². The fourth-order valence-electron chi connectivity index (χ4n) is 2.93. The van der Waals surface area contributed by atoms with E-state index in [1.807, 2.05) is 25.3 Å². The zero-order valence-corrected chi connectivity index (χ0v) is 20.4. The molecular weight excluding hydrogens is 464 g/mol. The van der Waals surface area contributed by atoms with Gasteiger partial charge in [-0.05, 0) is 32.4 Å².